The van der Waals surface area contributed by atoms with E-state index in [1.807, 2.05) is 12.1 Å². The number of benzene rings is 2. The maximum atomic E-state index is 13.7. The van der Waals surface area contributed by atoms with Gasteiger partial charge < -0.3 is 14.5 Å². The Labute approximate surface area is 199 Å². The monoisotopic (exact) mass is 532 g/mol. The number of anilines is 1. The van der Waals surface area contributed by atoms with Crippen LogP contribution in [0.1, 0.15) is 16.4 Å². The maximum Gasteiger partial charge on any atom is 0.305 e. The van der Waals surface area contributed by atoms with Crippen molar-refractivity contribution in [2.45, 2.75) is 16.2 Å². The molecule has 2 amide bonds. The zero-order valence-corrected chi connectivity index (χ0v) is 20.2. The third-order valence-electron chi connectivity index (χ3n) is 5.68. The fraction of sp³-hybridized carbons (Fsp3) is 0.227. The zero-order valence-electron chi connectivity index (χ0n) is 17.0. The van der Waals surface area contributed by atoms with E-state index in [2.05, 4.69) is 20.9 Å². The summed E-state index contributed by atoms with van der Waals surface area (Å²) in [5.41, 5.74) is 1.31. The minimum absolute atomic E-state index is 0.211. The van der Waals surface area contributed by atoms with Crippen LogP contribution in [0.5, 0.6) is 11.5 Å². The second kappa shape index (κ2) is 8.09. The van der Waals surface area contributed by atoms with Gasteiger partial charge in [0.25, 0.3) is 0 Å². The highest BCUT2D eigenvalue weighted by Crippen LogP contribution is 2.53. The number of carbonyl (C=O) groups is 2. The number of amides is 2. The molecular weight excluding hydrogens is 516 g/mol. The van der Waals surface area contributed by atoms with E-state index in [0.717, 1.165) is 26.3 Å². The highest BCUT2D eigenvalue weighted by atomic mass is 79.9. The van der Waals surface area contributed by atoms with Crippen LogP contribution >= 0.6 is 39.0 Å². The number of H-pyrrole nitrogens is 1. The molecule has 0 spiro atoms. The number of imide groups is 1. The van der Waals surface area contributed by atoms with Crippen molar-refractivity contribution in [2.24, 2.45) is 5.92 Å². The van der Waals surface area contributed by atoms with E-state index in [-0.39, 0.29) is 16.7 Å². The van der Waals surface area contributed by atoms with Gasteiger partial charge in [-0.15, -0.1) is 0 Å². The number of methoxy groups -OCH3 is 2. The van der Waals surface area contributed by atoms with Crippen molar-refractivity contribution in [3.05, 3.63) is 67.0 Å². The summed E-state index contributed by atoms with van der Waals surface area (Å²) in [4.78, 5) is 43.9. The summed E-state index contributed by atoms with van der Waals surface area (Å²) in [6.45, 7) is 0. The Morgan fingerprint density at radius 2 is 1.69 bits per heavy atom. The largest absolute Gasteiger partial charge is 0.493 e. The van der Waals surface area contributed by atoms with Gasteiger partial charge in [-0.2, -0.15) is 0 Å². The van der Waals surface area contributed by atoms with Crippen molar-refractivity contribution in [2.75, 3.05) is 19.1 Å². The van der Waals surface area contributed by atoms with Crippen LogP contribution in [0, 0.1) is 5.92 Å². The first-order valence-electron chi connectivity index (χ1n) is 9.68. The molecule has 0 saturated carbocycles. The highest BCUT2D eigenvalue weighted by molar-refractivity contribution is 9.10. The van der Waals surface area contributed by atoms with Gasteiger partial charge in [0.05, 0.1) is 30.9 Å². The molecular formula is C22H17BrN2O5S2. The molecule has 3 heterocycles. The first-order valence-corrected chi connectivity index (χ1v) is 12.2. The molecule has 2 aliphatic rings. The SMILES string of the molecule is COc1ccc([C@@H]2c3sc(=O)[nH]c3S[C@H]3C(=O)N(c4ccc(Br)cc4)C(=O)[C@@H]23)cc1OC. The van der Waals surface area contributed by atoms with Gasteiger partial charge >= 0.3 is 4.87 Å². The summed E-state index contributed by atoms with van der Waals surface area (Å²) < 4.78 is 11.7. The highest BCUT2D eigenvalue weighted by Gasteiger charge is 2.56. The van der Waals surface area contributed by atoms with Gasteiger partial charge in [-0.3, -0.25) is 14.4 Å². The number of halogens is 1. The molecule has 0 bridgehead atoms. The van der Waals surface area contributed by atoms with Gasteiger partial charge in [0.15, 0.2) is 11.5 Å². The van der Waals surface area contributed by atoms with Crippen molar-refractivity contribution < 1.29 is 19.1 Å². The van der Waals surface area contributed by atoms with Crippen LogP contribution in [-0.2, 0) is 9.59 Å². The van der Waals surface area contributed by atoms with Crippen LogP contribution in [0.3, 0.4) is 0 Å². The summed E-state index contributed by atoms with van der Waals surface area (Å²) in [5.74, 6) is -0.585. The van der Waals surface area contributed by atoms with Crippen LogP contribution in [-0.4, -0.2) is 36.3 Å². The molecule has 2 aromatic carbocycles. The first kappa shape index (κ1) is 21.3. The second-order valence-corrected chi connectivity index (χ2v) is 10.4. The average molecular weight is 533 g/mol. The van der Waals surface area contributed by atoms with E-state index in [9.17, 15) is 14.4 Å². The van der Waals surface area contributed by atoms with Crippen molar-refractivity contribution in [3.63, 3.8) is 0 Å². The average Bonchev–Trinajstić information content (AvgIpc) is 3.28. The Kier molecular flexibility index (Phi) is 5.39. The molecule has 0 radical (unpaired) electrons. The predicted octanol–water partition coefficient (Wildman–Crippen LogP) is 4.01. The topological polar surface area (TPSA) is 88.7 Å². The minimum Gasteiger partial charge on any atom is -0.493 e. The van der Waals surface area contributed by atoms with Crippen LogP contribution in [0.15, 0.2) is 56.8 Å². The zero-order chi connectivity index (χ0) is 22.6. The number of nitrogens with one attached hydrogen (secondary N) is 1. The van der Waals surface area contributed by atoms with Gasteiger partial charge in [0.2, 0.25) is 11.8 Å². The Bertz CT molecular complexity index is 1290. The van der Waals surface area contributed by atoms with E-state index < -0.39 is 17.1 Å². The summed E-state index contributed by atoms with van der Waals surface area (Å²) >= 11 is 5.72. The van der Waals surface area contributed by atoms with E-state index in [1.165, 1.54) is 16.7 Å². The van der Waals surface area contributed by atoms with E-state index >= 15 is 0 Å². The van der Waals surface area contributed by atoms with Gasteiger partial charge in [0, 0.05) is 15.3 Å². The molecule has 1 N–H and O–H groups in total. The molecule has 3 atom stereocenters. The lowest BCUT2D eigenvalue weighted by atomic mass is 9.83. The third-order valence-corrected chi connectivity index (χ3v) is 8.61. The molecule has 164 valence electrons. The molecule has 10 heteroatoms. The lowest BCUT2D eigenvalue weighted by molar-refractivity contribution is -0.122. The summed E-state index contributed by atoms with van der Waals surface area (Å²) in [5, 5.41) is 0.00170. The molecule has 0 aliphatic carbocycles. The Balaban J connectivity index is 1.65. The minimum atomic E-state index is -0.645. The van der Waals surface area contributed by atoms with Gasteiger partial charge in [-0.05, 0) is 42.0 Å². The molecule has 3 aromatic rings. The number of ether oxygens (including phenoxy) is 2. The molecule has 7 nitrogen and oxygen atoms in total. The van der Waals surface area contributed by atoms with Crippen LogP contribution in [0.2, 0.25) is 0 Å². The van der Waals surface area contributed by atoms with E-state index in [4.69, 9.17) is 9.47 Å². The predicted molar refractivity (Wildman–Crippen MR) is 126 cm³/mol. The summed E-state index contributed by atoms with van der Waals surface area (Å²) in [6, 6.07) is 12.5. The Hall–Kier alpha value is -2.56. The number of aromatic nitrogens is 1. The number of thiazole rings is 1. The third kappa shape index (κ3) is 3.28. The second-order valence-electron chi connectivity index (χ2n) is 7.35. The van der Waals surface area contributed by atoms with Crippen LogP contribution in [0.4, 0.5) is 5.69 Å². The lowest BCUT2D eigenvalue weighted by Gasteiger charge is -2.30. The van der Waals surface area contributed by atoms with Gasteiger partial charge in [-0.1, -0.05) is 45.1 Å². The molecule has 1 saturated heterocycles. The van der Waals surface area contributed by atoms with Crippen molar-refractivity contribution in [1.29, 1.82) is 0 Å². The van der Waals surface area contributed by atoms with Crippen molar-refractivity contribution in [3.8, 4) is 11.5 Å². The number of hydrogen-bond acceptors (Lipinski definition) is 7. The number of fused-ring (bicyclic) bond motifs is 2. The van der Waals surface area contributed by atoms with Gasteiger partial charge in [-0.25, -0.2) is 4.90 Å². The Morgan fingerprint density at radius 3 is 2.38 bits per heavy atom. The molecule has 0 unspecified atom stereocenters. The maximum absolute atomic E-state index is 13.7. The first-order chi connectivity index (χ1) is 15.4. The number of nitrogens with zero attached hydrogens (tertiary/aromatic N) is 1. The molecule has 1 fully saturated rings. The number of aromatic amines is 1. The quantitative estimate of drug-likeness (QED) is 0.510. The number of rotatable bonds is 4. The lowest BCUT2D eigenvalue weighted by Crippen LogP contribution is -2.32. The number of thioether (sulfide) groups is 1. The standard InChI is InChI=1S/C22H17BrN2O5S2/c1-29-13-8-3-10(9-14(13)30-2)15-16-18(31-19-17(15)32-22(28)24-19)21(27)25(20(16)26)12-6-4-11(23)5-7-12/h3-9,15-16,18H,1-2H3,(H,24,28)/t15-,16-,18+/m0/s1. The fourth-order valence-electron chi connectivity index (χ4n) is 4.27. The molecule has 32 heavy (non-hydrogen) atoms. The van der Waals surface area contributed by atoms with Crippen molar-refractivity contribution in [1.82, 2.24) is 4.98 Å². The van der Waals surface area contributed by atoms with Crippen LogP contribution in [0.25, 0.3) is 0 Å². The molecule has 1 aromatic heterocycles. The molecule has 5 rings (SSSR count). The fourth-order valence-corrected chi connectivity index (χ4v) is 7.05. The van der Waals surface area contributed by atoms with Crippen LogP contribution < -0.4 is 19.2 Å². The summed E-state index contributed by atoms with van der Waals surface area (Å²) in [6.07, 6.45) is 0. The number of carbonyl (C=O) groups excluding carboxylic acids is 2. The summed E-state index contributed by atoms with van der Waals surface area (Å²) in [7, 11) is 3.09. The van der Waals surface area contributed by atoms with E-state index in [0.29, 0.717) is 22.2 Å². The van der Waals surface area contributed by atoms with Gasteiger partial charge in [0.1, 0.15) is 5.25 Å². The smallest absolute Gasteiger partial charge is 0.305 e. The van der Waals surface area contributed by atoms with E-state index in [1.54, 1.807) is 44.6 Å². The van der Waals surface area contributed by atoms with Crippen molar-refractivity contribution >= 4 is 56.5 Å². The number of hydrogen-bond donors (Lipinski definition) is 1. The Morgan fingerprint density at radius 1 is 0.969 bits per heavy atom. The normalized spacial score (nSPS) is 22.0. The molecule has 2 aliphatic heterocycles.